The van der Waals surface area contributed by atoms with E-state index in [0.717, 1.165) is 44.3 Å². The standard InChI is InChI=1S/C26H31F2N3O4/c27-26(28)10-16(11-26)17-12-30(13-17)20-3-1-2-4-22(20)35-18-5-6-19-15(9-18)14-31(25(19)34)21-7-8-23(32)29-24(21)33/h5-6,9,16-17,20-22H,1-4,7-8,10-14H2,(H,29,32,33)/t20-,21?,22-/m1/s1. The van der Waals surface area contributed by atoms with E-state index in [2.05, 4.69) is 10.2 Å². The zero-order valence-corrected chi connectivity index (χ0v) is 19.7. The maximum Gasteiger partial charge on any atom is 0.255 e. The van der Waals surface area contributed by atoms with Crippen molar-refractivity contribution in [3.63, 3.8) is 0 Å². The highest BCUT2D eigenvalue weighted by Gasteiger charge is 2.52. The number of fused-ring (bicyclic) bond motifs is 1. The number of benzene rings is 1. The molecule has 3 heterocycles. The van der Waals surface area contributed by atoms with Crippen LogP contribution in [0.1, 0.15) is 67.3 Å². The van der Waals surface area contributed by atoms with Crippen LogP contribution < -0.4 is 10.1 Å². The number of carbonyl (C=O) groups is 3. The molecule has 3 aliphatic heterocycles. The fourth-order valence-electron chi connectivity index (χ4n) is 6.59. The predicted octanol–water partition coefficient (Wildman–Crippen LogP) is 3.11. The molecule has 9 heteroatoms. The van der Waals surface area contributed by atoms with E-state index in [-0.39, 0.29) is 49.1 Å². The summed E-state index contributed by atoms with van der Waals surface area (Å²) in [6, 6.07) is 5.16. The Hall–Kier alpha value is -2.55. The average molecular weight is 488 g/mol. The van der Waals surface area contributed by atoms with Crippen LogP contribution in [0, 0.1) is 11.8 Å². The summed E-state index contributed by atoms with van der Waals surface area (Å²) in [6.45, 7) is 2.08. The van der Waals surface area contributed by atoms with Gasteiger partial charge in [-0.2, -0.15) is 0 Å². The number of halogens is 2. The quantitative estimate of drug-likeness (QED) is 0.646. The minimum atomic E-state index is -2.45. The Morgan fingerprint density at radius 2 is 1.77 bits per heavy atom. The maximum atomic E-state index is 13.3. The first-order valence-corrected chi connectivity index (χ1v) is 12.8. The third-order valence-corrected chi connectivity index (χ3v) is 8.65. The van der Waals surface area contributed by atoms with Crippen molar-refractivity contribution in [2.24, 2.45) is 11.8 Å². The third kappa shape index (κ3) is 4.21. The monoisotopic (exact) mass is 487 g/mol. The topological polar surface area (TPSA) is 79.0 Å². The molecule has 0 radical (unpaired) electrons. The highest BCUT2D eigenvalue weighted by molar-refractivity contribution is 6.05. The van der Waals surface area contributed by atoms with E-state index in [1.807, 2.05) is 12.1 Å². The Kier molecular flexibility index (Phi) is 5.58. The Morgan fingerprint density at radius 1 is 1.00 bits per heavy atom. The van der Waals surface area contributed by atoms with E-state index in [0.29, 0.717) is 30.2 Å². The number of nitrogens with one attached hydrogen (secondary N) is 1. The van der Waals surface area contributed by atoms with Gasteiger partial charge >= 0.3 is 0 Å². The van der Waals surface area contributed by atoms with Crippen LogP contribution in [0.5, 0.6) is 5.75 Å². The van der Waals surface area contributed by atoms with Gasteiger partial charge in [0.05, 0.1) is 0 Å². The van der Waals surface area contributed by atoms with Crippen LogP contribution in [0.3, 0.4) is 0 Å². The molecule has 1 N–H and O–H groups in total. The van der Waals surface area contributed by atoms with Crippen molar-refractivity contribution in [2.45, 2.75) is 82.0 Å². The molecular formula is C26H31F2N3O4. The van der Waals surface area contributed by atoms with Gasteiger partial charge in [0.15, 0.2) is 0 Å². The van der Waals surface area contributed by atoms with Gasteiger partial charge < -0.3 is 9.64 Å². The van der Waals surface area contributed by atoms with E-state index in [1.54, 1.807) is 11.0 Å². The predicted molar refractivity (Wildman–Crippen MR) is 122 cm³/mol. The molecule has 1 aromatic carbocycles. The molecule has 6 rings (SSSR count). The zero-order chi connectivity index (χ0) is 24.3. The number of hydrogen-bond acceptors (Lipinski definition) is 5. The number of imide groups is 1. The SMILES string of the molecule is O=C1CCC(N2Cc3cc(O[C@@H]4CCCC[C@H]4N4CC(C5CC(F)(F)C5)C4)ccc3C2=O)C(=O)N1. The molecule has 5 aliphatic rings. The van der Waals surface area contributed by atoms with E-state index >= 15 is 0 Å². The highest BCUT2D eigenvalue weighted by atomic mass is 19.3. The summed E-state index contributed by atoms with van der Waals surface area (Å²) >= 11 is 0. The Balaban J connectivity index is 1.09. The summed E-state index contributed by atoms with van der Waals surface area (Å²) in [6.07, 6.45) is 4.93. The number of likely N-dealkylation sites (tertiary alicyclic amines) is 1. The molecule has 2 aliphatic carbocycles. The van der Waals surface area contributed by atoms with E-state index in [9.17, 15) is 23.2 Å². The van der Waals surface area contributed by atoms with E-state index in [4.69, 9.17) is 4.74 Å². The minimum absolute atomic E-state index is 0.0360. The summed E-state index contributed by atoms with van der Waals surface area (Å²) in [5.74, 6) is -2.11. The lowest BCUT2D eigenvalue weighted by molar-refractivity contribution is -0.153. The fraction of sp³-hybridized carbons (Fsp3) is 0.654. The first kappa shape index (κ1) is 22.9. The highest BCUT2D eigenvalue weighted by Crippen LogP contribution is 2.49. The molecule has 4 fully saturated rings. The molecule has 0 aromatic heterocycles. The summed E-state index contributed by atoms with van der Waals surface area (Å²) in [5, 5.41) is 2.33. The first-order chi connectivity index (χ1) is 16.8. The van der Waals surface area contributed by atoms with Gasteiger partial charge in [-0.1, -0.05) is 6.42 Å². The number of hydrogen-bond donors (Lipinski definition) is 1. The van der Waals surface area contributed by atoms with Crippen LogP contribution in [0.25, 0.3) is 0 Å². The second kappa shape index (κ2) is 8.54. The Morgan fingerprint density at radius 3 is 2.51 bits per heavy atom. The average Bonchev–Trinajstić information content (AvgIpc) is 3.08. The third-order valence-electron chi connectivity index (χ3n) is 8.65. The Bertz CT molecular complexity index is 1050. The lowest BCUT2D eigenvalue weighted by Crippen LogP contribution is -2.61. The normalized spacial score (nSPS) is 31.5. The molecule has 3 amide bonds. The number of nitrogens with zero attached hydrogens (tertiary/aromatic N) is 2. The summed E-state index contributed by atoms with van der Waals surface area (Å²) in [4.78, 5) is 40.6. The number of carbonyl (C=O) groups excluding carboxylic acids is 3. The van der Waals surface area contributed by atoms with Crippen molar-refractivity contribution in [1.29, 1.82) is 0 Å². The first-order valence-electron chi connectivity index (χ1n) is 12.8. The largest absolute Gasteiger partial charge is 0.489 e. The number of ether oxygens (including phenoxy) is 1. The van der Waals surface area contributed by atoms with Gasteiger partial charge in [-0.05, 0) is 61.3 Å². The van der Waals surface area contributed by atoms with Gasteiger partial charge in [-0.3, -0.25) is 24.6 Å². The molecule has 188 valence electrons. The summed E-state index contributed by atoms with van der Waals surface area (Å²) < 4.78 is 33.0. The van der Waals surface area contributed by atoms with Gasteiger partial charge in [-0.15, -0.1) is 0 Å². The lowest BCUT2D eigenvalue weighted by atomic mass is 9.69. The van der Waals surface area contributed by atoms with E-state index in [1.165, 1.54) is 0 Å². The van der Waals surface area contributed by atoms with Gasteiger partial charge in [0, 0.05) is 50.5 Å². The number of rotatable bonds is 5. The zero-order valence-electron chi connectivity index (χ0n) is 19.7. The fourth-order valence-corrected chi connectivity index (χ4v) is 6.59. The summed E-state index contributed by atoms with van der Waals surface area (Å²) in [5.41, 5.74) is 1.41. The van der Waals surface area contributed by atoms with Gasteiger partial charge in [0.2, 0.25) is 17.7 Å². The van der Waals surface area contributed by atoms with Crippen LogP contribution in [0.15, 0.2) is 18.2 Å². The van der Waals surface area contributed by atoms with Crippen LogP contribution in [-0.4, -0.2) is 64.7 Å². The van der Waals surface area contributed by atoms with Crippen molar-refractivity contribution in [2.75, 3.05) is 13.1 Å². The van der Waals surface area contributed by atoms with Crippen LogP contribution in [0.2, 0.25) is 0 Å². The number of piperidine rings is 1. The van der Waals surface area contributed by atoms with Crippen molar-refractivity contribution in [1.82, 2.24) is 15.1 Å². The molecule has 1 aromatic rings. The Labute approximate surface area is 203 Å². The van der Waals surface area contributed by atoms with Crippen molar-refractivity contribution < 1.29 is 27.9 Å². The number of amides is 3. The minimum Gasteiger partial charge on any atom is -0.489 e. The lowest BCUT2D eigenvalue weighted by Gasteiger charge is -2.53. The van der Waals surface area contributed by atoms with Crippen LogP contribution >= 0.6 is 0 Å². The molecule has 7 nitrogen and oxygen atoms in total. The van der Waals surface area contributed by atoms with Crippen molar-refractivity contribution in [3.8, 4) is 5.75 Å². The number of alkyl halides is 2. The molecule has 2 saturated carbocycles. The van der Waals surface area contributed by atoms with Gasteiger partial charge in [0.1, 0.15) is 17.9 Å². The summed E-state index contributed by atoms with van der Waals surface area (Å²) in [7, 11) is 0. The smallest absolute Gasteiger partial charge is 0.255 e. The van der Waals surface area contributed by atoms with E-state index < -0.39 is 17.9 Å². The second-order valence-corrected chi connectivity index (χ2v) is 11.0. The van der Waals surface area contributed by atoms with Crippen molar-refractivity contribution in [3.05, 3.63) is 29.3 Å². The van der Waals surface area contributed by atoms with Gasteiger partial charge in [0.25, 0.3) is 5.91 Å². The second-order valence-electron chi connectivity index (χ2n) is 11.0. The molecule has 3 atom stereocenters. The van der Waals surface area contributed by atoms with Crippen molar-refractivity contribution >= 4 is 17.7 Å². The molecule has 1 unspecified atom stereocenters. The van der Waals surface area contributed by atoms with Gasteiger partial charge in [-0.25, -0.2) is 8.78 Å². The molecule has 2 saturated heterocycles. The van der Waals surface area contributed by atoms with Crippen LogP contribution in [0.4, 0.5) is 8.78 Å². The molecule has 0 bridgehead atoms. The molecule has 0 spiro atoms. The van der Waals surface area contributed by atoms with Crippen LogP contribution in [-0.2, 0) is 16.1 Å². The molecule has 35 heavy (non-hydrogen) atoms. The molecular weight excluding hydrogens is 456 g/mol. The maximum absolute atomic E-state index is 13.3.